The fourth-order valence-corrected chi connectivity index (χ4v) is 3.97. The number of carbonyl (C=O) groups excluding carboxylic acids is 4. The lowest BCUT2D eigenvalue weighted by atomic mass is 10.1. The summed E-state index contributed by atoms with van der Waals surface area (Å²) < 4.78 is 5.90. The Morgan fingerprint density at radius 3 is 2.30 bits per heavy atom. The molecular weight excluding hydrogens is 562 g/mol. The average Bonchev–Trinajstić information content (AvgIpc) is 3.11. The second-order valence-corrected chi connectivity index (χ2v) is 9.28. The van der Waals surface area contributed by atoms with Gasteiger partial charge in [-0.2, -0.15) is 0 Å². The van der Waals surface area contributed by atoms with Crippen molar-refractivity contribution in [3.63, 3.8) is 0 Å². The molecule has 0 fully saturated rings. The number of imide groups is 1. The van der Waals surface area contributed by atoms with Gasteiger partial charge in [-0.3, -0.25) is 14.4 Å². The predicted octanol–water partition coefficient (Wildman–Crippen LogP) is 5.70. The van der Waals surface area contributed by atoms with Crippen molar-refractivity contribution in [3.05, 3.63) is 99.1 Å². The zero-order valence-electron chi connectivity index (χ0n) is 19.6. The maximum atomic E-state index is 13.0. The van der Waals surface area contributed by atoms with E-state index in [1.54, 1.807) is 66.7 Å². The Labute approximate surface area is 226 Å². The summed E-state index contributed by atoms with van der Waals surface area (Å²) in [6.07, 6.45) is 0.727. The SMILES string of the molecule is CCCOC(=O)c1ccc(NC(=O)c2cccc(NC3=C(Cl)C(=O)N(c4ccc(Br)cc4)C3=O)c2)cc1. The number of benzene rings is 3. The van der Waals surface area contributed by atoms with Crippen molar-refractivity contribution in [1.82, 2.24) is 0 Å². The molecule has 188 valence electrons. The largest absolute Gasteiger partial charge is 0.462 e. The standard InChI is InChI=1S/C27H21BrClN3O5/c1-2-14-37-27(36)16-6-10-19(11-7-16)31-24(33)17-4-3-5-20(15-17)30-23-22(29)25(34)32(26(23)35)21-12-8-18(28)9-13-21/h3-13,15,30H,2,14H2,1H3,(H,31,33). The van der Waals surface area contributed by atoms with Crippen molar-refractivity contribution in [2.24, 2.45) is 0 Å². The highest BCUT2D eigenvalue weighted by Crippen LogP contribution is 2.31. The van der Waals surface area contributed by atoms with Gasteiger partial charge in [0.2, 0.25) is 0 Å². The van der Waals surface area contributed by atoms with Crippen molar-refractivity contribution in [2.75, 3.05) is 22.1 Å². The van der Waals surface area contributed by atoms with Crippen LogP contribution >= 0.6 is 27.5 Å². The van der Waals surface area contributed by atoms with Crippen LogP contribution in [0.15, 0.2) is 88.0 Å². The van der Waals surface area contributed by atoms with Crippen LogP contribution in [0.25, 0.3) is 0 Å². The van der Waals surface area contributed by atoms with Gasteiger partial charge in [0.25, 0.3) is 17.7 Å². The first kappa shape index (κ1) is 26.1. The molecule has 0 saturated carbocycles. The van der Waals surface area contributed by atoms with Crippen LogP contribution in [0.3, 0.4) is 0 Å². The number of nitrogens with zero attached hydrogens (tertiary/aromatic N) is 1. The maximum Gasteiger partial charge on any atom is 0.338 e. The van der Waals surface area contributed by atoms with E-state index in [4.69, 9.17) is 16.3 Å². The Morgan fingerprint density at radius 1 is 0.919 bits per heavy atom. The van der Waals surface area contributed by atoms with Gasteiger partial charge in [-0.25, -0.2) is 9.69 Å². The first-order valence-electron chi connectivity index (χ1n) is 11.3. The van der Waals surface area contributed by atoms with Crippen molar-refractivity contribution in [1.29, 1.82) is 0 Å². The van der Waals surface area contributed by atoms with E-state index >= 15 is 0 Å². The maximum absolute atomic E-state index is 13.0. The van der Waals surface area contributed by atoms with Gasteiger partial charge in [-0.05, 0) is 73.2 Å². The highest BCUT2D eigenvalue weighted by atomic mass is 79.9. The average molecular weight is 583 g/mol. The normalized spacial score (nSPS) is 13.1. The number of esters is 1. The van der Waals surface area contributed by atoms with Crippen LogP contribution in [0.5, 0.6) is 0 Å². The van der Waals surface area contributed by atoms with Gasteiger partial charge in [-0.1, -0.05) is 40.5 Å². The van der Waals surface area contributed by atoms with Crippen LogP contribution in [0, 0.1) is 0 Å². The van der Waals surface area contributed by atoms with Gasteiger partial charge >= 0.3 is 5.97 Å². The second kappa shape index (κ2) is 11.4. The number of amides is 3. The summed E-state index contributed by atoms with van der Waals surface area (Å²) in [5.74, 6) is -2.09. The number of hydrogen-bond donors (Lipinski definition) is 2. The molecule has 1 aliphatic rings. The molecule has 10 heteroatoms. The lowest BCUT2D eigenvalue weighted by Crippen LogP contribution is -2.32. The van der Waals surface area contributed by atoms with Gasteiger partial charge in [0.1, 0.15) is 10.7 Å². The Kier molecular flexibility index (Phi) is 8.05. The molecular formula is C27H21BrClN3O5. The molecule has 0 unspecified atom stereocenters. The molecule has 8 nitrogen and oxygen atoms in total. The third kappa shape index (κ3) is 5.90. The van der Waals surface area contributed by atoms with E-state index in [-0.39, 0.29) is 10.7 Å². The zero-order chi connectivity index (χ0) is 26.5. The molecule has 0 radical (unpaired) electrons. The van der Waals surface area contributed by atoms with Crippen LogP contribution in [0.2, 0.25) is 0 Å². The van der Waals surface area contributed by atoms with Crippen LogP contribution in [0.4, 0.5) is 17.1 Å². The molecule has 0 atom stereocenters. The molecule has 0 bridgehead atoms. The minimum absolute atomic E-state index is 0.0855. The van der Waals surface area contributed by atoms with E-state index < -0.39 is 23.7 Å². The smallest absolute Gasteiger partial charge is 0.338 e. The highest BCUT2D eigenvalue weighted by Gasteiger charge is 2.39. The van der Waals surface area contributed by atoms with E-state index in [1.165, 1.54) is 6.07 Å². The van der Waals surface area contributed by atoms with Gasteiger partial charge in [0.05, 0.1) is 17.9 Å². The van der Waals surface area contributed by atoms with Crippen molar-refractivity contribution < 1.29 is 23.9 Å². The highest BCUT2D eigenvalue weighted by molar-refractivity contribution is 9.10. The molecule has 1 heterocycles. The molecule has 4 rings (SSSR count). The Balaban J connectivity index is 1.45. The third-order valence-electron chi connectivity index (χ3n) is 5.32. The van der Waals surface area contributed by atoms with Crippen LogP contribution in [0.1, 0.15) is 34.1 Å². The number of ether oxygens (including phenoxy) is 1. The van der Waals surface area contributed by atoms with E-state index in [2.05, 4.69) is 26.6 Å². The molecule has 0 aromatic heterocycles. The lowest BCUT2D eigenvalue weighted by Gasteiger charge is -2.15. The summed E-state index contributed by atoms with van der Waals surface area (Å²) >= 11 is 9.53. The van der Waals surface area contributed by atoms with Gasteiger partial charge in [-0.15, -0.1) is 0 Å². The summed E-state index contributed by atoms with van der Waals surface area (Å²) in [5.41, 5.74) is 1.87. The zero-order valence-corrected chi connectivity index (χ0v) is 21.9. The van der Waals surface area contributed by atoms with Gasteiger partial charge < -0.3 is 15.4 Å². The van der Waals surface area contributed by atoms with Gasteiger partial charge in [0, 0.05) is 21.4 Å². The fraction of sp³-hybridized carbons (Fsp3) is 0.111. The van der Waals surface area contributed by atoms with Crippen molar-refractivity contribution >= 4 is 68.3 Å². The van der Waals surface area contributed by atoms with Crippen LogP contribution < -0.4 is 15.5 Å². The number of hydrogen-bond acceptors (Lipinski definition) is 6. The minimum atomic E-state index is -0.646. The summed E-state index contributed by atoms with van der Waals surface area (Å²) in [7, 11) is 0. The van der Waals surface area contributed by atoms with Crippen molar-refractivity contribution in [2.45, 2.75) is 13.3 Å². The minimum Gasteiger partial charge on any atom is -0.462 e. The molecule has 3 amide bonds. The fourth-order valence-electron chi connectivity index (χ4n) is 3.49. The number of halogens is 2. The summed E-state index contributed by atoms with van der Waals surface area (Å²) in [6, 6.07) is 19.4. The van der Waals surface area contributed by atoms with Crippen LogP contribution in [-0.4, -0.2) is 30.3 Å². The number of rotatable bonds is 8. The first-order chi connectivity index (χ1) is 17.8. The topological polar surface area (TPSA) is 105 Å². The first-order valence-corrected chi connectivity index (χ1v) is 12.5. The summed E-state index contributed by atoms with van der Waals surface area (Å²) in [6.45, 7) is 2.25. The van der Waals surface area contributed by atoms with E-state index in [0.717, 1.165) is 15.8 Å². The molecule has 0 spiro atoms. The molecule has 37 heavy (non-hydrogen) atoms. The second-order valence-electron chi connectivity index (χ2n) is 7.98. The monoisotopic (exact) mass is 581 g/mol. The number of anilines is 3. The molecule has 0 aliphatic carbocycles. The molecule has 3 aromatic rings. The molecule has 2 N–H and O–H groups in total. The predicted molar refractivity (Wildman–Crippen MR) is 145 cm³/mol. The number of nitrogens with one attached hydrogen (secondary N) is 2. The van der Waals surface area contributed by atoms with Gasteiger partial charge in [0.15, 0.2) is 0 Å². The Hall–Kier alpha value is -3.95. The van der Waals surface area contributed by atoms with E-state index in [9.17, 15) is 19.2 Å². The summed E-state index contributed by atoms with van der Waals surface area (Å²) in [4.78, 5) is 51.4. The quantitative estimate of drug-likeness (QED) is 0.261. The van der Waals surface area contributed by atoms with E-state index in [0.29, 0.717) is 34.8 Å². The van der Waals surface area contributed by atoms with Crippen molar-refractivity contribution in [3.8, 4) is 0 Å². The molecule has 0 saturated heterocycles. The molecule has 1 aliphatic heterocycles. The Morgan fingerprint density at radius 2 is 1.62 bits per heavy atom. The third-order valence-corrected chi connectivity index (χ3v) is 6.20. The summed E-state index contributed by atoms with van der Waals surface area (Å²) in [5, 5.41) is 5.38. The number of carbonyl (C=O) groups is 4. The molecule has 3 aromatic carbocycles. The van der Waals surface area contributed by atoms with Crippen LogP contribution in [-0.2, 0) is 14.3 Å². The van der Waals surface area contributed by atoms with E-state index in [1.807, 2.05) is 6.92 Å². The Bertz CT molecular complexity index is 1400. The lowest BCUT2D eigenvalue weighted by molar-refractivity contribution is -0.120.